The average Bonchev–Trinajstić information content (AvgIpc) is 2.74. The van der Waals surface area contributed by atoms with Crippen molar-refractivity contribution in [2.75, 3.05) is 6.54 Å². The van der Waals surface area contributed by atoms with Crippen molar-refractivity contribution in [1.29, 1.82) is 0 Å². The largest absolute Gasteiger partial charge is 0.461 e. The van der Waals surface area contributed by atoms with Crippen LogP contribution in [0.5, 0.6) is 0 Å². The molecule has 0 amide bonds. The van der Waals surface area contributed by atoms with Crippen LogP contribution >= 0.6 is 11.6 Å². The fourth-order valence-electron chi connectivity index (χ4n) is 1.34. The highest BCUT2D eigenvalue weighted by Crippen LogP contribution is 2.28. The van der Waals surface area contributed by atoms with Gasteiger partial charge in [-0.15, -0.1) is 0 Å². The second-order valence-corrected chi connectivity index (χ2v) is 3.29. The Kier molecular flexibility index (Phi) is 2.61. The molecule has 0 radical (unpaired) electrons. The number of hydrogen-bond acceptors (Lipinski definition) is 3. The Balaban J connectivity index is 2.36. The maximum absolute atomic E-state index is 5.67. The summed E-state index contributed by atoms with van der Waals surface area (Å²) in [6, 6.07) is 5.35. The summed E-state index contributed by atoms with van der Waals surface area (Å²) in [4.78, 5) is 0. The highest BCUT2D eigenvalue weighted by Gasteiger charge is 2.11. The van der Waals surface area contributed by atoms with Gasteiger partial charge in [-0.2, -0.15) is 0 Å². The van der Waals surface area contributed by atoms with Gasteiger partial charge in [0.25, 0.3) is 0 Å². The first-order valence-electron chi connectivity index (χ1n) is 4.33. The predicted octanol–water partition coefficient (Wildman–Crippen LogP) is 2.69. The fourth-order valence-corrected chi connectivity index (χ4v) is 1.49. The summed E-state index contributed by atoms with van der Waals surface area (Å²) in [6.07, 6.45) is 2.39. The number of rotatable bonds is 3. The Morgan fingerprint density at radius 1 is 1.29 bits per heavy atom. The van der Waals surface area contributed by atoms with E-state index in [1.54, 1.807) is 18.4 Å². The molecule has 0 fully saturated rings. The van der Waals surface area contributed by atoms with E-state index in [0.717, 1.165) is 12.0 Å². The van der Waals surface area contributed by atoms with E-state index in [1.807, 2.05) is 6.07 Å². The normalized spacial score (nSPS) is 10.7. The molecule has 2 aromatic rings. The lowest BCUT2D eigenvalue weighted by atomic mass is 10.1. The molecule has 0 saturated carbocycles. The monoisotopic (exact) mass is 211 g/mol. The number of halogens is 1. The van der Waals surface area contributed by atoms with E-state index in [2.05, 4.69) is 0 Å². The molecule has 0 unspecified atom stereocenters. The van der Waals surface area contributed by atoms with Crippen LogP contribution in [-0.4, -0.2) is 6.54 Å². The zero-order valence-electron chi connectivity index (χ0n) is 7.50. The molecule has 3 nitrogen and oxygen atoms in total. The lowest BCUT2D eigenvalue weighted by molar-refractivity contribution is 0.523. The third-order valence-corrected chi connectivity index (χ3v) is 2.16. The van der Waals surface area contributed by atoms with Gasteiger partial charge < -0.3 is 14.6 Å². The van der Waals surface area contributed by atoms with Crippen LogP contribution in [-0.2, 0) is 6.42 Å². The minimum Gasteiger partial charge on any atom is -0.461 e. The first-order chi connectivity index (χ1) is 6.81. The van der Waals surface area contributed by atoms with E-state index < -0.39 is 0 Å². The molecular weight excluding hydrogens is 202 g/mol. The van der Waals surface area contributed by atoms with Crippen LogP contribution in [0.25, 0.3) is 11.5 Å². The molecule has 0 aromatic carbocycles. The molecule has 2 N–H and O–H groups in total. The molecule has 4 heteroatoms. The van der Waals surface area contributed by atoms with E-state index in [9.17, 15) is 0 Å². The average molecular weight is 212 g/mol. The van der Waals surface area contributed by atoms with Crippen molar-refractivity contribution in [2.45, 2.75) is 6.42 Å². The van der Waals surface area contributed by atoms with Gasteiger partial charge in [-0.1, -0.05) is 0 Å². The van der Waals surface area contributed by atoms with Gasteiger partial charge in [-0.05, 0) is 42.8 Å². The van der Waals surface area contributed by atoms with Crippen molar-refractivity contribution in [3.8, 4) is 11.5 Å². The van der Waals surface area contributed by atoms with Crippen LogP contribution in [0, 0.1) is 0 Å². The summed E-state index contributed by atoms with van der Waals surface area (Å²) >= 11 is 5.67. The lowest BCUT2D eigenvalue weighted by Gasteiger charge is -1.96. The number of furan rings is 2. The highest BCUT2D eigenvalue weighted by molar-refractivity contribution is 6.28. The summed E-state index contributed by atoms with van der Waals surface area (Å²) in [6.45, 7) is 0.584. The fraction of sp³-hybridized carbons (Fsp3) is 0.200. The zero-order chi connectivity index (χ0) is 9.97. The molecule has 0 bridgehead atoms. The minimum absolute atomic E-state index is 0.357. The van der Waals surface area contributed by atoms with Crippen molar-refractivity contribution in [1.82, 2.24) is 0 Å². The van der Waals surface area contributed by atoms with Gasteiger partial charge in [0, 0.05) is 5.56 Å². The molecule has 0 saturated heterocycles. The van der Waals surface area contributed by atoms with Gasteiger partial charge in [0.15, 0.2) is 16.7 Å². The van der Waals surface area contributed by atoms with Gasteiger partial charge in [0.05, 0.1) is 6.26 Å². The third kappa shape index (κ3) is 1.69. The van der Waals surface area contributed by atoms with Gasteiger partial charge in [-0.25, -0.2) is 0 Å². The quantitative estimate of drug-likeness (QED) is 0.849. The van der Waals surface area contributed by atoms with E-state index in [1.165, 1.54) is 0 Å². The number of hydrogen-bond donors (Lipinski definition) is 1. The smallest absolute Gasteiger partial charge is 0.194 e. The second kappa shape index (κ2) is 3.90. The van der Waals surface area contributed by atoms with Crippen LogP contribution in [0.15, 0.2) is 33.3 Å². The Labute approximate surface area is 86.5 Å². The van der Waals surface area contributed by atoms with E-state index in [0.29, 0.717) is 23.3 Å². The Morgan fingerprint density at radius 3 is 2.79 bits per heavy atom. The molecule has 2 aromatic heterocycles. The van der Waals surface area contributed by atoms with Crippen LogP contribution < -0.4 is 5.73 Å². The molecule has 0 aliphatic heterocycles. The van der Waals surface area contributed by atoms with E-state index in [4.69, 9.17) is 26.2 Å². The van der Waals surface area contributed by atoms with Crippen LogP contribution in [0.1, 0.15) is 5.56 Å². The van der Waals surface area contributed by atoms with Crippen molar-refractivity contribution >= 4 is 11.6 Å². The molecule has 0 aliphatic carbocycles. The zero-order valence-corrected chi connectivity index (χ0v) is 8.25. The molecule has 74 valence electrons. The van der Waals surface area contributed by atoms with Crippen LogP contribution in [0.3, 0.4) is 0 Å². The maximum Gasteiger partial charge on any atom is 0.194 e. The van der Waals surface area contributed by atoms with Crippen molar-refractivity contribution < 1.29 is 8.83 Å². The van der Waals surface area contributed by atoms with Gasteiger partial charge >= 0.3 is 0 Å². The summed E-state index contributed by atoms with van der Waals surface area (Å²) in [5.41, 5.74) is 6.51. The van der Waals surface area contributed by atoms with Crippen LogP contribution in [0.2, 0.25) is 5.22 Å². The summed E-state index contributed by atoms with van der Waals surface area (Å²) in [7, 11) is 0. The first kappa shape index (κ1) is 9.37. The summed E-state index contributed by atoms with van der Waals surface area (Å²) in [5.74, 6) is 1.35. The molecule has 2 heterocycles. The van der Waals surface area contributed by atoms with Crippen LogP contribution in [0.4, 0.5) is 0 Å². The topological polar surface area (TPSA) is 52.3 Å². The van der Waals surface area contributed by atoms with E-state index in [-0.39, 0.29) is 0 Å². The molecule has 2 rings (SSSR count). The molecule has 0 spiro atoms. The number of nitrogens with two attached hydrogens (primary N) is 1. The predicted molar refractivity (Wildman–Crippen MR) is 54.2 cm³/mol. The highest BCUT2D eigenvalue weighted by atomic mass is 35.5. The Bertz CT molecular complexity index is 419. The van der Waals surface area contributed by atoms with Crippen molar-refractivity contribution in [3.05, 3.63) is 35.2 Å². The molecule has 14 heavy (non-hydrogen) atoms. The molecule has 0 atom stereocenters. The SMILES string of the molecule is NCCc1ccoc1-c1ccc(Cl)o1. The summed E-state index contributed by atoms with van der Waals surface area (Å²) < 4.78 is 10.6. The standard InChI is InChI=1S/C10H10ClNO2/c11-9-2-1-8(14-9)10-7(3-5-12)4-6-13-10/h1-2,4,6H,3,5,12H2. The molecule has 0 aliphatic rings. The molecular formula is C10H10ClNO2. The van der Waals surface area contributed by atoms with Gasteiger partial charge in [0.1, 0.15) is 0 Å². The van der Waals surface area contributed by atoms with Crippen molar-refractivity contribution in [3.63, 3.8) is 0 Å². The maximum atomic E-state index is 5.67. The van der Waals surface area contributed by atoms with Gasteiger partial charge in [-0.3, -0.25) is 0 Å². The lowest BCUT2D eigenvalue weighted by Crippen LogP contribution is -2.02. The Morgan fingerprint density at radius 2 is 2.14 bits per heavy atom. The van der Waals surface area contributed by atoms with E-state index >= 15 is 0 Å². The third-order valence-electron chi connectivity index (χ3n) is 1.96. The minimum atomic E-state index is 0.357. The second-order valence-electron chi connectivity index (χ2n) is 2.92. The summed E-state index contributed by atoms with van der Waals surface area (Å²) in [5, 5.41) is 0.357. The first-order valence-corrected chi connectivity index (χ1v) is 4.71. The van der Waals surface area contributed by atoms with Gasteiger partial charge in [0.2, 0.25) is 0 Å². The Hall–Kier alpha value is -1.19. The van der Waals surface area contributed by atoms with Crippen molar-refractivity contribution in [2.24, 2.45) is 5.73 Å².